The van der Waals surface area contributed by atoms with Gasteiger partial charge in [-0.05, 0) is 23.3 Å². The molecular weight excluding hydrogens is 445 g/mol. The van der Waals surface area contributed by atoms with Crippen LogP contribution in [0.25, 0.3) is 0 Å². The Bertz CT molecular complexity index is 1100. The fourth-order valence-corrected chi connectivity index (χ4v) is 4.27. The highest BCUT2D eigenvalue weighted by atomic mass is 35.5. The molecule has 156 valence electrons. The standard InChI is InChI=1S/C21H19Cl2N3O3S/c22-18-12-19(23)20(30(24,28)29)11-17(18)21(27)25-26(13-15-7-3-1-4-8-15)14-16-9-5-2-6-10-16/h1-12H,13-14H2,(H,25,27)(H2,24,28,29). The van der Waals surface area contributed by atoms with Gasteiger partial charge in [-0.3, -0.25) is 10.2 Å². The molecule has 0 bridgehead atoms. The van der Waals surface area contributed by atoms with Crippen molar-refractivity contribution < 1.29 is 13.2 Å². The number of nitrogens with two attached hydrogens (primary N) is 1. The first kappa shape index (κ1) is 22.3. The fraction of sp³-hybridized carbons (Fsp3) is 0.0952. The molecule has 3 rings (SSSR count). The van der Waals surface area contributed by atoms with Crippen LogP contribution in [0, 0.1) is 0 Å². The molecule has 3 N–H and O–H groups in total. The molecule has 3 aromatic carbocycles. The van der Waals surface area contributed by atoms with Crippen LogP contribution in [0.4, 0.5) is 0 Å². The Kier molecular flexibility index (Phi) is 7.12. The quantitative estimate of drug-likeness (QED) is 0.518. The van der Waals surface area contributed by atoms with E-state index in [0.717, 1.165) is 17.2 Å². The molecule has 1 amide bonds. The lowest BCUT2D eigenvalue weighted by molar-refractivity contribution is 0.0759. The minimum Gasteiger partial charge on any atom is -0.284 e. The van der Waals surface area contributed by atoms with E-state index in [1.54, 1.807) is 5.01 Å². The highest BCUT2D eigenvalue weighted by Gasteiger charge is 2.21. The molecule has 0 unspecified atom stereocenters. The third kappa shape index (κ3) is 5.81. The van der Waals surface area contributed by atoms with E-state index in [-0.39, 0.29) is 20.5 Å². The van der Waals surface area contributed by atoms with Gasteiger partial charge in [0, 0.05) is 13.1 Å². The zero-order valence-electron chi connectivity index (χ0n) is 15.8. The van der Waals surface area contributed by atoms with E-state index in [1.807, 2.05) is 60.7 Å². The van der Waals surface area contributed by atoms with Crippen molar-refractivity contribution >= 4 is 39.1 Å². The van der Waals surface area contributed by atoms with Crippen LogP contribution in [0.2, 0.25) is 10.0 Å². The van der Waals surface area contributed by atoms with E-state index in [0.29, 0.717) is 13.1 Å². The lowest BCUT2D eigenvalue weighted by Gasteiger charge is -2.24. The van der Waals surface area contributed by atoms with Crippen molar-refractivity contribution in [1.82, 2.24) is 10.4 Å². The van der Waals surface area contributed by atoms with Crippen molar-refractivity contribution in [3.05, 3.63) is 99.5 Å². The summed E-state index contributed by atoms with van der Waals surface area (Å²) in [6.45, 7) is 0.851. The normalized spacial score (nSPS) is 11.5. The van der Waals surface area contributed by atoms with E-state index < -0.39 is 15.9 Å². The molecule has 3 aromatic rings. The molecule has 6 nitrogen and oxygen atoms in total. The van der Waals surface area contributed by atoms with E-state index >= 15 is 0 Å². The fourth-order valence-electron chi connectivity index (χ4n) is 2.87. The SMILES string of the molecule is NS(=O)(=O)c1cc(C(=O)NN(Cc2ccccc2)Cc2ccccc2)c(Cl)cc1Cl. The lowest BCUT2D eigenvalue weighted by Crippen LogP contribution is -2.41. The zero-order valence-corrected chi connectivity index (χ0v) is 18.1. The number of rotatable bonds is 7. The molecule has 0 aliphatic rings. The van der Waals surface area contributed by atoms with Crippen LogP contribution in [0.5, 0.6) is 0 Å². The molecule has 0 aromatic heterocycles. The molecule has 0 aliphatic carbocycles. The summed E-state index contributed by atoms with van der Waals surface area (Å²) in [7, 11) is -4.12. The van der Waals surface area contributed by atoms with Crippen molar-refractivity contribution in [2.24, 2.45) is 5.14 Å². The number of nitrogens with one attached hydrogen (secondary N) is 1. The van der Waals surface area contributed by atoms with Crippen molar-refractivity contribution in [2.75, 3.05) is 0 Å². The predicted octanol–water partition coefficient (Wildman–Crippen LogP) is 3.99. The van der Waals surface area contributed by atoms with Crippen LogP contribution in [0.1, 0.15) is 21.5 Å². The number of primary sulfonamides is 1. The molecule has 0 aliphatic heterocycles. The second kappa shape index (κ2) is 9.59. The number of benzene rings is 3. The molecule has 0 fully saturated rings. The van der Waals surface area contributed by atoms with Gasteiger partial charge in [0.15, 0.2) is 0 Å². The van der Waals surface area contributed by atoms with Gasteiger partial charge in [-0.15, -0.1) is 0 Å². The summed E-state index contributed by atoms with van der Waals surface area (Å²) in [6, 6.07) is 21.5. The number of hydrogen-bond acceptors (Lipinski definition) is 4. The van der Waals surface area contributed by atoms with Crippen LogP contribution in [-0.4, -0.2) is 19.3 Å². The van der Waals surface area contributed by atoms with Gasteiger partial charge in [-0.1, -0.05) is 83.9 Å². The molecule has 0 saturated carbocycles. The van der Waals surface area contributed by atoms with Crippen molar-refractivity contribution in [2.45, 2.75) is 18.0 Å². The topological polar surface area (TPSA) is 92.5 Å². The third-order valence-corrected chi connectivity index (χ3v) is 5.95. The molecule has 0 heterocycles. The zero-order chi connectivity index (χ0) is 21.7. The highest BCUT2D eigenvalue weighted by Crippen LogP contribution is 2.28. The molecule has 0 atom stereocenters. The second-order valence-corrected chi connectivity index (χ2v) is 8.92. The minimum absolute atomic E-state index is 0.0178. The smallest absolute Gasteiger partial charge is 0.267 e. The molecule has 0 radical (unpaired) electrons. The van der Waals surface area contributed by atoms with Gasteiger partial charge < -0.3 is 0 Å². The Morgan fingerprint density at radius 2 is 1.37 bits per heavy atom. The molecule has 9 heteroatoms. The summed E-state index contributed by atoms with van der Waals surface area (Å²) in [5.74, 6) is -0.576. The van der Waals surface area contributed by atoms with Crippen LogP contribution in [-0.2, 0) is 23.1 Å². The third-order valence-electron chi connectivity index (χ3n) is 4.26. The number of carbonyl (C=O) groups excluding carboxylic acids is 1. The monoisotopic (exact) mass is 463 g/mol. The summed E-state index contributed by atoms with van der Waals surface area (Å²) < 4.78 is 23.5. The van der Waals surface area contributed by atoms with Crippen molar-refractivity contribution in [3.8, 4) is 0 Å². The first-order valence-corrected chi connectivity index (χ1v) is 11.2. The summed E-state index contributed by atoms with van der Waals surface area (Å²) >= 11 is 12.1. The predicted molar refractivity (Wildman–Crippen MR) is 117 cm³/mol. The summed E-state index contributed by atoms with van der Waals surface area (Å²) in [5, 5.41) is 6.77. The maximum atomic E-state index is 12.9. The average Bonchev–Trinajstić information content (AvgIpc) is 2.68. The second-order valence-electron chi connectivity index (χ2n) is 6.58. The largest absolute Gasteiger partial charge is 0.284 e. The first-order chi connectivity index (χ1) is 14.2. The lowest BCUT2D eigenvalue weighted by atomic mass is 10.2. The van der Waals surface area contributed by atoms with Crippen LogP contribution in [0.3, 0.4) is 0 Å². The van der Waals surface area contributed by atoms with Gasteiger partial charge in [0.05, 0.1) is 15.6 Å². The Balaban J connectivity index is 1.89. The van der Waals surface area contributed by atoms with Crippen LogP contribution < -0.4 is 10.6 Å². The van der Waals surface area contributed by atoms with Gasteiger partial charge in [0.2, 0.25) is 10.0 Å². The Labute approximate surface area is 185 Å². The maximum absolute atomic E-state index is 12.9. The van der Waals surface area contributed by atoms with Gasteiger partial charge >= 0.3 is 0 Å². The minimum atomic E-state index is -4.12. The van der Waals surface area contributed by atoms with E-state index in [2.05, 4.69) is 5.43 Å². The number of hydrogen-bond donors (Lipinski definition) is 2. The van der Waals surface area contributed by atoms with Crippen LogP contribution >= 0.6 is 23.2 Å². The Morgan fingerprint density at radius 3 is 1.83 bits per heavy atom. The molecular formula is C21H19Cl2N3O3S. The van der Waals surface area contributed by atoms with Gasteiger partial charge in [-0.2, -0.15) is 0 Å². The summed E-state index contributed by atoms with van der Waals surface area (Å²) in [5.41, 5.74) is 4.73. The number of amides is 1. The van der Waals surface area contributed by atoms with E-state index in [9.17, 15) is 13.2 Å². The molecule has 0 spiro atoms. The van der Waals surface area contributed by atoms with Gasteiger partial charge in [-0.25, -0.2) is 18.6 Å². The molecule has 30 heavy (non-hydrogen) atoms. The number of carbonyl (C=O) groups is 1. The first-order valence-electron chi connectivity index (χ1n) is 8.89. The number of nitrogens with zero attached hydrogens (tertiary/aromatic N) is 1. The summed E-state index contributed by atoms with van der Waals surface area (Å²) in [4.78, 5) is 12.6. The maximum Gasteiger partial charge on any atom is 0.267 e. The average molecular weight is 464 g/mol. The Morgan fingerprint density at radius 1 is 0.867 bits per heavy atom. The number of sulfonamides is 1. The number of hydrazine groups is 1. The van der Waals surface area contributed by atoms with Gasteiger partial charge in [0.1, 0.15) is 4.90 Å². The van der Waals surface area contributed by atoms with E-state index in [1.165, 1.54) is 6.07 Å². The summed E-state index contributed by atoms with van der Waals surface area (Å²) in [6.07, 6.45) is 0. The highest BCUT2D eigenvalue weighted by molar-refractivity contribution is 7.89. The Hall–Kier alpha value is -2.42. The van der Waals surface area contributed by atoms with E-state index in [4.69, 9.17) is 28.3 Å². The molecule has 0 saturated heterocycles. The van der Waals surface area contributed by atoms with Crippen LogP contribution in [0.15, 0.2) is 77.7 Å². The van der Waals surface area contributed by atoms with Crippen molar-refractivity contribution in [1.29, 1.82) is 0 Å². The van der Waals surface area contributed by atoms with Crippen molar-refractivity contribution in [3.63, 3.8) is 0 Å². The van der Waals surface area contributed by atoms with Gasteiger partial charge in [0.25, 0.3) is 5.91 Å². The number of halogens is 2.